The first kappa shape index (κ1) is 22.6. The monoisotopic (exact) mass is 466 g/mol. The molecule has 0 saturated carbocycles. The number of carbonyl (C=O) groups is 1. The molecule has 0 unspecified atom stereocenters. The average molecular weight is 467 g/mol. The minimum atomic E-state index is -4.07. The van der Waals surface area contributed by atoms with Crippen molar-refractivity contribution in [3.05, 3.63) is 84.3 Å². The molecular formula is C24H23FN4O3S. The van der Waals surface area contributed by atoms with Gasteiger partial charge in [-0.3, -0.25) is 9.20 Å². The van der Waals surface area contributed by atoms with Crippen LogP contribution in [0.15, 0.2) is 77.8 Å². The zero-order chi connectivity index (χ0) is 23.6. The molecule has 0 saturated heterocycles. The summed E-state index contributed by atoms with van der Waals surface area (Å²) in [4.78, 5) is 17.3. The standard InChI is InChI=1S/C24H23FN4O3S/c1-3-28(4-2)33(31,32)20-16-18(13-14-19(20)25)24(30)27-23-22(17-10-6-5-7-11-17)26-21-12-8-9-15-29(21)23/h5-16H,3-4H2,1-2H3,(H,27,30). The van der Waals surface area contributed by atoms with Crippen LogP contribution < -0.4 is 5.32 Å². The Bertz CT molecular complexity index is 1410. The van der Waals surface area contributed by atoms with Crippen LogP contribution in [-0.4, -0.2) is 41.1 Å². The Balaban J connectivity index is 1.76. The summed E-state index contributed by atoms with van der Waals surface area (Å²) < 4.78 is 43.1. The molecular weight excluding hydrogens is 443 g/mol. The lowest BCUT2D eigenvalue weighted by Crippen LogP contribution is -2.31. The van der Waals surface area contributed by atoms with Crippen molar-refractivity contribution in [3.8, 4) is 11.3 Å². The van der Waals surface area contributed by atoms with Crippen LogP contribution in [0.4, 0.5) is 10.2 Å². The quantitative estimate of drug-likeness (QED) is 0.437. The molecule has 2 heterocycles. The number of benzene rings is 2. The molecule has 0 fully saturated rings. The Morgan fingerprint density at radius 2 is 1.73 bits per heavy atom. The molecule has 0 atom stereocenters. The van der Waals surface area contributed by atoms with Crippen LogP contribution >= 0.6 is 0 Å². The predicted molar refractivity (Wildman–Crippen MR) is 125 cm³/mol. The highest BCUT2D eigenvalue weighted by molar-refractivity contribution is 7.89. The van der Waals surface area contributed by atoms with Crippen LogP contribution in [0.5, 0.6) is 0 Å². The SMILES string of the molecule is CCN(CC)S(=O)(=O)c1cc(C(=O)Nc2c(-c3ccccc3)nc3ccccn23)ccc1F. The van der Waals surface area contributed by atoms with Gasteiger partial charge in [-0.05, 0) is 30.3 Å². The van der Waals surface area contributed by atoms with E-state index in [4.69, 9.17) is 0 Å². The number of anilines is 1. The zero-order valence-corrected chi connectivity index (χ0v) is 19.0. The number of rotatable bonds is 7. The molecule has 0 radical (unpaired) electrons. The van der Waals surface area contributed by atoms with Gasteiger partial charge in [0.15, 0.2) is 0 Å². The molecule has 0 aliphatic heterocycles. The minimum Gasteiger partial charge on any atom is -0.306 e. The molecule has 0 aliphatic rings. The highest BCUT2D eigenvalue weighted by atomic mass is 32.2. The number of nitrogens with zero attached hydrogens (tertiary/aromatic N) is 3. The van der Waals surface area contributed by atoms with Crippen molar-refractivity contribution in [1.29, 1.82) is 0 Å². The number of hydrogen-bond acceptors (Lipinski definition) is 4. The van der Waals surface area contributed by atoms with Gasteiger partial charge < -0.3 is 5.32 Å². The van der Waals surface area contributed by atoms with Gasteiger partial charge in [0.25, 0.3) is 5.91 Å². The number of amides is 1. The van der Waals surface area contributed by atoms with E-state index in [2.05, 4.69) is 10.3 Å². The minimum absolute atomic E-state index is 0.0204. The second-order valence-corrected chi connectivity index (χ2v) is 9.20. The molecule has 0 bridgehead atoms. The second kappa shape index (κ2) is 9.13. The van der Waals surface area contributed by atoms with E-state index < -0.39 is 26.6 Å². The number of pyridine rings is 1. The van der Waals surface area contributed by atoms with Crippen LogP contribution in [-0.2, 0) is 10.0 Å². The smallest absolute Gasteiger partial charge is 0.256 e. The fraction of sp³-hybridized carbons (Fsp3) is 0.167. The third-order valence-corrected chi connectivity index (χ3v) is 7.39. The number of aromatic nitrogens is 2. The van der Waals surface area contributed by atoms with Gasteiger partial charge in [-0.1, -0.05) is 50.2 Å². The number of fused-ring (bicyclic) bond motifs is 1. The maximum Gasteiger partial charge on any atom is 0.256 e. The third-order valence-electron chi connectivity index (χ3n) is 5.33. The first-order valence-corrected chi connectivity index (χ1v) is 11.9. The summed E-state index contributed by atoms with van der Waals surface area (Å²) in [6, 6.07) is 18.2. The number of hydrogen-bond donors (Lipinski definition) is 1. The van der Waals surface area contributed by atoms with Crippen LogP contribution in [0.3, 0.4) is 0 Å². The average Bonchev–Trinajstić information content (AvgIpc) is 3.18. The molecule has 9 heteroatoms. The summed E-state index contributed by atoms with van der Waals surface area (Å²) >= 11 is 0. The van der Waals surface area contributed by atoms with Crippen LogP contribution in [0.1, 0.15) is 24.2 Å². The van der Waals surface area contributed by atoms with Gasteiger partial charge in [0, 0.05) is 30.4 Å². The number of halogens is 1. The fourth-order valence-electron chi connectivity index (χ4n) is 3.64. The fourth-order valence-corrected chi connectivity index (χ4v) is 5.19. The molecule has 1 amide bonds. The Kier molecular flexibility index (Phi) is 6.26. The number of imidazole rings is 1. The molecule has 33 heavy (non-hydrogen) atoms. The third kappa shape index (κ3) is 4.24. The molecule has 4 aromatic rings. The molecule has 4 rings (SSSR count). The lowest BCUT2D eigenvalue weighted by molar-refractivity contribution is 0.102. The van der Waals surface area contributed by atoms with Crippen molar-refractivity contribution in [2.75, 3.05) is 18.4 Å². The first-order chi connectivity index (χ1) is 15.9. The summed E-state index contributed by atoms with van der Waals surface area (Å²) in [5, 5.41) is 2.83. The molecule has 1 N–H and O–H groups in total. The highest BCUT2D eigenvalue weighted by Crippen LogP contribution is 2.29. The van der Waals surface area contributed by atoms with E-state index in [9.17, 15) is 17.6 Å². The Morgan fingerprint density at radius 1 is 1.03 bits per heavy atom. The number of carbonyl (C=O) groups excluding carboxylic acids is 1. The molecule has 0 aliphatic carbocycles. The van der Waals surface area contributed by atoms with E-state index in [1.165, 1.54) is 6.07 Å². The molecule has 7 nitrogen and oxygen atoms in total. The van der Waals surface area contributed by atoms with Gasteiger partial charge in [0.1, 0.15) is 27.9 Å². The first-order valence-electron chi connectivity index (χ1n) is 10.5. The van der Waals surface area contributed by atoms with Crippen LogP contribution in [0.25, 0.3) is 16.9 Å². The summed E-state index contributed by atoms with van der Waals surface area (Å²) in [5.74, 6) is -1.05. The van der Waals surface area contributed by atoms with Crippen molar-refractivity contribution in [3.63, 3.8) is 0 Å². The number of nitrogens with one attached hydrogen (secondary N) is 1. The van der Waals surface area contributed by atoms with Crippen molar-refractivity contribution in [2.24, 2.45) is 0 Å². The lowest BCUT2D eigenvalue weighted by Gasteiger charge is -2.19. The van der Waals surface area contributed by atoms with Crippen molar-refractivity contribution in [1.82, 2.24) is 13.7 Å². The van der Waals surface area contributed by atoms with Crippen molar-refractivity contribution < 1.29 is 17.6 Å². The van der Waals surface area contributed by atoms with E-state index in [0.29, 0.717) is 17.2 Å². The molecule has 0 spiro atoms. The molecule has 2 aromatic carbocycles. The predicted octanol–water partition coefficient (Wildman–Crippen LogP) is 4.42. The van der Waals surface area contributed by atoms with Crippen molar-refractivity contribution >= 4 is 27.4 Å². The summed E-state index contributed by atoms with van der Waals surface area (Å²) in [5.41, 5.74) is 2.02. The maximum atomic E-state index is 14.5. The Labute approximate surface area is 191 Å². The van der Waals surface area contributed by atoms with E-state index in [0.717, 1.165) is 22.0 Å². The molecule has 170 valence electrons. The van der Waals surface area contributed by atoms with Crippen LogP contribution in [0, 0.1) is 5.82 Å². The van der Waals surface area contributed by atoms with Gasteiger partial charge in [-0.15, -0.1) is 0 Å². The highest BCUT2D eigenvalue weighted by Gasteiger charge is 2.27. The Hall–Kier alpha value is -3.56. The summed E-state index contributed by atoms with van der Waals surface area (Å²) in [6.07, 6.45) is 1.77. The number of sulfonamides is 1. The largest absolute Gasteiger partial charge is 0.306 e. The normalized spacial score (nSPS) is 11.8. The van der Waals surface area contributed by atoms with Gasteiger partial charge in [-0.2, -0.15) is 4.31 Å². The van der Waals surface area contributed by atoms with E-state index in [-0.39, 0.29) is 18.7 Å². The van der Waals surface area contributed by atoms with E-state index in [1.54, 1.807) is 24.4 Å². The summed E-state index contributed by atoms with van der Waals surface area (Å²) in [7, 11) is -4.07. The topological polar surface area (TPSA) is 83.8 Å². The van der Waals surface area contributed by atoms with E-state index >= 15 is 0 Å². The van der Waals surface area contributed by atoms with Crippen molar-refractivity contribution in [2.45, 2.75) is 18.7 Å². The van der Waals surface area contributed by atoms with Gasteiger partial charge >= 0.3 is 0 Å². The maximum absolute atomic E-state index is 14.5. The summed E-state index contributed by atoms with van der Waals surface area (Å²) in [6.45, 7) is 3.73. The van der Waals surface area contributed by atoms with Gasteiger partial charge in [0.2, 0.25) is 10.0 Å². The van der Waals surface area contributed by atoms with Gasteiger partial charge in [-0.25, -0.2) is 17.8 Å². The Morgan fingerprint density at radius 3 is 2.42 bits per heavy atom. The second-order valence-electron chi connectivity index (χ2n) is 7.29. The zero-order valence-electron chi connectivity index (χ0n) is 18.2. The lowest BCUT2D eigenvalue weighted by atomic mass is 10.1. The van der Waals surface area contributed by atoms with Crippen LogP contribution in [0.2, 0.25) is 0 Å². The van der Waals surface area contributed by atoms with Gasteiger partial charge in [0.05, 0.1) is 0 Å². The molecule has 2 aromatic heterocycles. The van der Waals surface area contributed by atoms with E-state index in [1.807, 2.05) is 48.5 Å².